The number of hydrogen-bond donors (Lipinski definition) is 2. The summed E-state index contributed by atoms with van der Waals surface area (Å²) in [6.07, 6.45) is 0.640. The monoisotopic (exact) mass is 361 g/mol. The molecular formula is C18H20FN3O4. The molecule has 1 aromatic heterocycles. The van der Waals surface area contributed by atoms with E-state index in [-0.39, 0.29) is 12.1 Å². The van der Waals surface area contributed by atoms with Gasteiger partial charge >= 0.3 is 5.97 Å². The van der Waals surface area contributed by atoms with Crippen molar-refractivity contribution in [2.75, 3.05) is 0 Å². The van der Waals surface area contributed by atoms with Crippen molar-refractivity contribution in [1.82, 2.24) is 15.1 Å². The summed E-state index contributed by atoms with van der Waals surface area (Å²) < 4.78 is 14.0. The topological polar surface area (TPSA) is 101 Å². The molecule has 2 N–H and O–H groups in total. The molecule has 26 heavy (non-hydrogen) atoms. The molecule has 2 rings (SSSR count). The van der Waals surface area contributed by atoms with E-state index in [1.54, 1.807) is 13.8 Å². The number of rotatable bonds is 7. The summed E-state index contributed by atoms with van der Waals surface area (Å²) in [5.41, 5.74) is -1.10. The summed E-state index contributed by atoms with van der Waals surface area (Å²) in [5, 5.41) is 15.9. The lowest BCUT2D eigenvalue weighted by Crippen LogP contribution is -2.49. The van der Waals surface area contributed by atoms with Gasteiger partial charge in [-0.2, -0.15) is 9.78 Å². The van der Waals surface area contributed by atoms with Gasteiger partial charge in [-0.3, -0.25) is 14.4 Å². The maximum absolute atomic E-state index is 13.1. The summed E-state index contributed by atoms with van der Waals surface area (Å²) >= 11 is 0. The summed E-state index contributed by atoms with van der Waals surface area (Å²) in [6.45, 7) is 3.58. The van der Waals surface area contributed by atoms with Crippen LogP contribution in [0, 0.1) is 5.82 Å². The number of hydrogen-bond acceptors (Lipinski definition) is 4. The Morgan fingerprint density at radius 3 is 2.31 bits per heavy atom. The lowest BCUT2D eigenvalue weighted by atomic mass is 9.89. The van der Waals surface area contributed by atoms with Crippen molar-refractivity contribution in [1.29, 1.82) is 0 Å². The van der Waals surface area contributed by atoms with E-state index in [4.69, 9.17) is 5.11 Å². The van der Waals surface area contributed by atoms with E-state index in [1.807, 2.05) is 0 Å². The number of aromatic nitrogens is 2. The van der Waals surface area contributed by atoms with Crippen LogP contribution in [-0.4, -0.2) is 32.3 Å². The number of carboxylic acids is 1. The average Bonchev–Trinajstić information content (AvgIpc) is 2.61. The largest absolute Gasteiger partial charge is 0.481 e. The second kappa shape index (κ2) is 7.90. The number of halogens is 1. The molecule has 2 aromatic rings. The third-order valence-corrected chi connectivity index (χ3v) is 4.33. The molecule has 0 atom stereocenters. The highest BCUT2D eigenvalue weighted by molar-refractivity contribution is 5.93. The van der Waals surface area contributed by atoms with Gasteiger partial charge in [0.15, 0.2) is 0 Å². The smallest absolute Gasteiger partial charge is 0.305 e. The van der Waals surface area contributed by atoms with E-state index >= 15 is 0 Å². The number of carbonyl (C=O) groups excluding carboxylic acids is 1. The Labute approximate surface area is 149 Å². The molecule has 138 valence electrons. The number of amides is 1. The van der Waals surface area contributed by atoms with Crippen LogP contribution in [0.2, 0.25) is 0 Å². The van der Waals surface area contributed by atoms with Crippen LogP contribution in [0.15, 0.2) is 41.2 Å². The summed E-state index contributed by atoms with van der Waals surface area (Å²) in [6, 6.07) is 7.57. The van der Waals surface area contributed by atoms with Gasteiger partial charge in [-0.25, -0.2) is 4.39 Å². The van der Waals surface area contributed by atoms with Gasteiger partial charge in [0.1, 0.15) is 11.5 Å². The summed E-state index contributed by atoms with van der Waals surface area (Å²) in [7, 11) is 0. The van der Waals surface area contributed by atoms with Gasteiger partial charge in [-0.1, -0.05) is 13.8 Å². The molecule has 0 saturated carbocycles. The van der Waals surface area contributed by atoms with E-state index in [0.29, 0.717) is 18.5 Å². The molecule has 1 aromatic carbocycles. The Balaban J connectivity index is 2.35. The van der Waals surface area contributed by atoms with Crippen LogP contribution in [0.3, 0.4) is 0 Å². The zero-order valence-electron chi connectivity index (χ0n) is 14.5. The van der Waals surface area contributed by atoms with Gasteiger partial charge in [0, 0.05) is 6.07 Å². The number of nitrogens with one attached hydrogen (secondary N) is 1. The summed E-state index contributed by atoms with van der Waals surface area (Å²) in [4.78, 5) is 35.7. The Hall–Kier alpha value is -3.03. The van der Waals surface area contributed by atoms with Crippen LogP contribution in [0.5, 0.6) is 0 Å². The minimum absolute atomic E-state index is 0.0365. The van der Waals surface area contributed by atoms with Crippen LogP contribution < -0.4 is 10.9 Å². The van der Waals surface area contributed by atoms with E-state index < -0.39 is 28.8 Å². The second-order valence-corrected chi connectivity index (χ2v) is 5.96. The number of nitrogens with zero attached hydrogens (tertiary/aromatic N) is 2. The van der Waals surface area contributed by atoms with Gasteiger partial charge in [-0.15, -0.1) is 0 Å². The highest BCUT2D eigenvalue weighted by Gasteiger charge is 2.31. The molecule has 0 unspecified atom stereocenters. The third-order valence-electron chi connectivity index (χ3n) is 4.33. The predicted octanol–water partition coefficient (Wildman–Crippen LogP) is 2.13. The SMILES string of the molecule is CCC(CC)(CC(=O)O)NC(=O)c1ccc(=O)n(-c2ccc(F)cc2)n1. The van der Waals surface area contributed by atoms with Gasteiger partial charge in [0.2, 0.25) is 0 Å². The van der Waals surface area contributed by atoms with Crippen molar-refractivity contribution in [2.24, 2.45) is 0 Å². The normalized spacial score (nSPS) is 11.2. The Morgan fingerprint density at radius 1 is 1.15 bits per heavy atom. The second-order valence-electron chi connectivity index (χ2n) is 5.96. The average molecular weight is 361 g/mol. The van der Waals surface area contributed by atoms with Crippen LogP contribution >= 0.6 is 0 Å². The first-order valence-corrected chi connectivity index (χ1v) is 8.21. The Bertz CT molecular complexity index is 857. The molecule has 8 heteroatoms. The molecule has 1 heterocycles. The molecule has 0 aliphatic heterocycles. The number of carboxylic acid groups (broad SMARTS) is 1. The Morgan fingerprint density at radius 2 is 1.77 bits per heavy atom. The molecule has 0 radical (unpaired) electrons. The fourth-order valence-corrected chi connectivity index (χ4v) is 2.61. The quantitative estimate of drug-likeness (QED) is 0.787. The maximum atomic E-state index is 13.1. The minimum atomic E-state index is -1.02. The highest BCUT2D eigenvalue weighted by Crippen LogP contribution is 2.20. The fraction of sp³-hybridized carbons (Fsp3) is 0.333. The zero-order valence-corrected chi connectivity index (χ0v) is 14.5. The van der Waals surface area contributed by atoms with Crippen molar-refractivity contribution in [3.8, 4) is 5.69 Å². The first kappa shape index (κ1) is 19.3. The predicted molar refractivity (Wildman–Crippen MR) is 92.8 cm³/mol. The van der Waals surface area contributed by atoms with Gasteiger partial charge < -0.3 is 10.4 Å². The van der Waals surface area contributed by atoms with E-state index in [9.17, 15) is 18.8 Å². The highest BCUT2D eigenvalue weighted by atomic mass is 19.1. The molecule has 0 spiro atoms. The van der Waals surface area contributed by atoms with Crippen LogP contribution in [0.1, 0.15) is 43.6 Å². The van der Waals surface area contributed by atoms with Gasteiger partial charge in [0.05, 0.1) is 17.6 Å². The molecule has 0 aliphatic carbocycles. The Kier molecular flexibility index (Phi) is 5.86. The molecular weight excluding hydrogens is 341 g/mol. The van der Waals surface area contributed by atoms with Crippen molar-refractivity contribution >= 4 is 11.9 Å². The van der Waals surface area contributed by atoms with Crippen molar-refractivity contribution in [3.63, 3.8) is 0 Å². The fourth-order valence-electron chi connectivity index (χ4n) is 2.61. The van der Waals surface area contributed by atoms with Crippen molar-refractivity contribution < 1.29 is 19.1 Å². The molecule has 0 fully saturated rings. The van der Waals surface area contributed by atoms with E-state index in [2.05, 4.69) is 10.4 Å². The zero-order chi connectivity index (χ0) is 19.3. The van der Waals surface area contributed by atoms with E-state index in [0.717, 1.165) is 4.68 Å². The van der Waals surface area contributed by atoms with Gasteiger partial charge in [-0.05, 0) is 43.2 Å². The lowest BCUT2D eigenvalue weighted by Gasteiger charge is -2.31. The molecule has 1 amide bonds. The van der Waals surface area contributed by atoms with Crippen LogP contribution in [0.4, 0.5) is 4.39 Å². The van der Waals surface area contributed by atoms with E-state index in [1.165, 1.54) is 36.4 Å². The molecule has 0 saturated heterocycles. The third kappa shape index (κ3) is 4.33. The van der Waals surface area contributed by atoms with Gasteiger partial charge in [0.25, 0.3) is 11.5 Å². The molecule has 0 aliphatic rings. The minimum Gasteiger partial charge on any atom is -0.481 e. The molecule has 7 nitrogen and oxygen atoms in total. The number of aliphatic carboxylic acids is 1. The standard InChI is InChI=1S/C18H20FN3O4/c1-3-18(4-2,11-16(24)25)20-17(26)14-9-10-15(23)22(21-14)13-7-5-12(19)6-8-13/h5-10H,3-4,11H2,1-2H3,(H,20,26)(H,24,25). The van der Waals surface area contributed by atoms with Crippen LogP contribution in [0.25, 0.3) is 5.69 Å². The maximum Gasteiger partial charge on any atom is 0.305 e. The first-order valence-electron chi connectivity index (χ1n) is 8.21. The van der Waals surface area contributed by atoms with Crippen LogP contribution in [-0.2, 0) is 4.79 Å². The van der Waals surface area contributed by atoms with Crippen molar-refractivity contribution in [3.05, 3.63) is 58.3 Å². The van der Waals surface area contributed by atoms with Crippen molar-refractivity contribution in [2.45, 2.75) is 38.6 Å². The number of carbonyl (C=O) groups is 2. The molecule has 0 bridgehead atoms. The first-order chi connectivity index (χ1) is 12.3. The lowest BCUT2D eigenvalue weighted by molar-refractivity contribution is -0.138. The summed E-state index contributed by atoms with van der Waals surface area (Å²) in [5.74, 6) is -2.05. The number of benzene rings is 1.